The molecule has 0 aliphatic heterocycles. The van der Waals surface area contributed by atoms with Crippen LogP contribution in [0.3, 0.4) is 0 Å². The third kappa shape index (κ3) is 16.4. The van der Waals surface area contributed by atoms with Crippen LogP contribution in [0.15, 0.2) is 60.7 Å². The number of phosphoric ester groups is 2. The molecule has 0 fully saturated rings. The molecule has 2 atom stereocenters. The van der Waals surface area contributed by atoms with Crippen LogP contribution in [0.25, 0.3) is 0 Å². The fourth-order valence-corrected chi connectivity index (χ4v) is 3.96. The van der Waals surface area contributed by atoms with E-state index in [-0.39, 0.29) is 51.1 Å². The molecule has 0 aliphatic carbocycles. The zero-order valence-corrected chi connectivity index (χ0v) is 23.1. The summed E-state index contributed by atoms with van der Waals surface area (Å²) in [6, 6.07) is 16.5. The molecule has 0 radical (unpaired) electrons. The molecule has 2 aromatic carbocycles. The molecule has 2 rings (SSSR count). The number of aliphatic hydroxyl groups excluding tert-OH is 2. The van der Waals surface area contributed by atoms with Crippen LogP contribution in [0.5, 0.6) is 11.5 Å². The normalized spacial score (nSPS) is 13.5. The van der Waals surface area contributed by atoms with Gasteiger partial charge in [-0.3, -0.25) is 9.05 Å². The van der Waals surface area contributed by atoms with Crippen molar-refractivity contribution in [3.05, 3.63) is 60.7 Å². The number of aliphatic hydroxyl groups is 2. The summed E-state index contributed by atoms with van der Waals surface area (Å²) in [5.41, 5.74) is 0. The second-order valence-corrected chi connectivity index (χ2v) is 8.75. The summed E-state index contributed by atoms with van der Waals surface area (Å²) in [4.78, 5) is 9.45. The van der Waals surface area contributed by atoms with Crippen LogP contribution in [0, 0.1) is 0 Å². The van der Waals surface area contributed by atoms with E-state index in [1.165, 1.54) is 0 Å². The van der Waals surface area contributed by atoms with Gasteiger partial charge in [-0.25, -0.2) is 18.9 Å². The number of hydrogen-bond acceptors (Lipinski definition) is 13. The molecule has 2 aromatic rings. The molecule has 2 unspecified atom stereocenters. The van der Waals surface area contributed by atoms with E-state index < -0.39 is 15.6 Å². The maximum absolute atomic E-state index is 12.7. The predicted octanol–water partition coefficient (Wildman–Crippen LogP) is 4.18. The van der Waals surface area contributed by atoms with E-state index in [4.69, 9.17) is 50.8 Å². The van der Waals surface area contributed by atoms with Gasteiger partial charge in [-0.05, 0) is 38.1 Å². The van der Waals surface area contributed by atoms with Crippen LogP contribution < -0.4 is 9.05 Å². The monoisotopic (exact) mass is 588 g/mol. The summed E-state index contributed by atoms with van der Waals surface area (Å²) in [5, 5.41) is 15.2. The van der Waals surface area contributed by atoms with Crippen LogP contribution in [0.4, 0.5) is 0 Å². The number of para-hydroxylation sites is 2. The van der Waals surface area contributed by atoms with Gasteiger partial charge in [-0.2, -0.15) is 0 Å². The number of benzene rings is 2. The Morgan fingerprint density at radius 2 is 1.00 bits per heavy atom. The van der Waals surface area contributed by atoms with Crippen molar-refractivity contribution in [2.24, 2.45) is 0 Å². The average Bonchev–Trinajstić information content (AvgIpc) is 2.91. The van der Waals surface area contributed by atoms with Crippen molar-refractivity contribution in [2.45, 2.75) is 13.8 Å². The Morgan fingerprint density at radius 1 is 0.667 bits per heavy atom. The topological polar surface area (TPSA) is 166 Å². The van der Waals surface area contributed by atoms with Gasteiger partial charge in [-0.1, -0.05) is 36.4 Å². The summed E-state index contributed by atoms with van der Waals surface area (Å²) in [6.07, 6.45) is 0. The maximum atomic E-state index is 12.7. The van der Waals surface area contributed by atoms with E-state index in [2.05, 4.69) is 0 Å². The molecule has 13 nitrogen and oxygen atoms in total. The Hall–Kier alpha value is -1.31. The Labute approximate surface area is 221 Å². The van der Waals surface area contributed by atoms with Crippen molar-refractivity contribution >= 4 is 15.6 Å². The average molecular weight is 588 g/mol. The van der Waals surface area contributed by atoms with Crippen LogP contribution >= 0.6 is 15.6 Å². The summed E-state index contributed by atoms with van der Waals surface area (Å²) >= 11 is 0.750. The van der Waals surface area contributed by atoms with E-state index in [1.54, 1.807) is 74.5 Å². The van der Waals surface area contributed by atoms with Gasteiger partial charge in [0.15, 0.2) is 0 Å². The van der Waals surface area contributed by atoms with Crippen LogP contribution in [0.1, 0.15) is 13.8 Å². The van der Waals surface area contributed by atoms with E-state index in [0.717, 1.165) is 20.4 Å². The van der Waals surface area contributed by atoms with Gasteiger partial charge in [0.05, 0.1) is 39.6 Å². The first kappa shape index (κ1) is 34.7. The van der Waals surface area contributed by atoms with E-state index >= 15 is 0 Å². The van der Waals surface area contributed by atoms with Gasteiger partial charge in [-0.15, -0.1) is 9.35 Å². The minimum atomic E-state index is -4.13. The molecule has 2 N–H and O–H groups in total. The molecular weight excluding hydrogens is 558 g/mol. The fraction of sp³-hybridized carbons (Fsp3) is 0.400. The number of phosphoric acid groups is 2. The molecule has 36 heavy (non-hydrogen) atoms. The molecular formula is C20H30O13P2Ti. The van der Waals surface area contributed by atoms with Crippen LogP contribution in [0.2, 0.25) is 0 Å². The third-order valence-electron chi connectivity index (χ3n) is 3.13. The molecule has 16 heteroatoms. The van der Waals surface area contributed by atoms with Gasteiger partial charge in [0, 0.05) is 0 Å². The van der Waals surface area contributed by atoms with Gasteiger partial charge in [0.1, 0.15) is 11.5 Å². The first-order valence-corrected chi connectivity index (χ1v) is 14.0. The second-order valence-electron chi connectivity index (χ2n) is 5.78. The molecule has 0 aliphatic rings. The van der Waals surface area contributed by atoms with Gasteiger partial charge in [0.2, 0.25) is 0 Å². The fourth-order valence-electron chi connectivity index (χ4n) is 1.88. The zero-order valence-electron chi connectivity index (χ0n) is 19.8. The summed E-state index contributed by atoms with van der Waals surface area (Å²) in [6.45, 7) is 2.58. The molecule has 0 saturated heterocycles. The quantitative estimate of drug-likeness (QED) is 0.0944. The Bertz CT molecular complexity index is 805. The Morgan fingerprint density at radius 3 is 1.28 bits per heavy atom. The predicted molar refractivity (Wildman–Crippen MR) is 122 cm³/mol. The van der Waals surface area contributed by atoms with Crippen molar-refractivity contribution in [1.29, 1.82) is 0 Å². The molecule has 0 amide bonds. The van der Waals surface area contributed by atoms with Crippen molar-refractivity contribution in [1.82, 2.24) is 0 Å². The van der Waals surface area contributed by atoms with Crippen LogP contribution in [-0.2, 0) is 61.0 Å². The van der Waals surface area contributed by atoms with Gasteiger partial charge >= 0.3 is 39.4 Å². The minimum absolute atomic E-state index is 0.115. The van der Waals surface area contributed by atoms with Crippen molar-refractivity contribution < 1.29 is 80.3 Å². The summed E-state index contributed by atoms with van der Waals surface area (Å²) in [7, 11) is -8.26. The second kappa shape index (κ2) is 21.7. The molecule has 0 aromatic heterocycles. The molecule has 0 bridgehead atoms. The number of hydrogen-bond donors (Lipinski definition) is 2. The van der Waals surface area contributed by atoms with Crippen molar-refractivity contribution in [3.63, 3.8) is 0 Å². The number of rotatable bonds is 16. The summed E-state index contributed by atoms with van der Waals surface area (Å²) in [5.74, 6) is 0.499. The summed E-state index contributed by atoms with van der Waals surface area (Å²) < 4.78 is 64.1. The zero-order chi connectivity index (χ0) is 27.1. The molecule has 202 valence electrons. The standard InChI is InChI=1S/C18H24O10P2.C2H6O2.O.Ti/c1-3-21-27-29(19,25-17-11-7-5-8-12-17)23-15-16-24-30(20,28-22-4-2)26-18-13-9-6-10-14-18;3-1-2-4;;/h5-14H,3-4,15-16H2,1-2H3;3-4H,1-2H2;;. The first-order valence-electron chi connectivity index (χ1n) is 10.4. The van der Waals surface area contributed by atoms with E-state index in [1.807, 2.05) is 0 Å². The first-order chi connectivity index (χ1) is 17.4. The van der Waals surface area contributed by atoms with Crippen LogP contribution in [-0.4, -0.2) is 49.9 Å². The SMILES string of the molecule is CCOOP(=O)(OCCOP(=O)(OOCC)Oc1ccccc1)Oc1ccccc1.OCCO.[O]=[Ti]. The van der Waals surface area contributed by atoms with Gasteiger partial charge in [0.25, 0.3) is 0 Å². The Balaban J connectivity index is 0.00000185. The molecule has 0 saturated carbocycles. The van der Waals surface area contributed by atoms with Gasteiger partial charge < -0.3 is 19.3 Å². The van der Waals surface area contributed by atoms with Crippen molar-refractivity contribution in [2.75, 3.05) is 39.6 Å². The Kier molecular flexibility index (Phi) is 21.0. The molecule has 0 heterocycles. The molecule has 0 spiro atoms. The third-order valence-corrected chi connectivity index (χ3v) is 5.57. The van der Waals surface area contributed by atoms with E-state index in [0.29, 0.717) is 0 Å². The van der Waals surface area contributed by atoms with Crippen molar-refractivity contribution in [3.8, 4) is 11.5 Å². The van der Waals surface area contributed by atoms with E-state index in [9.17, 15) is 9.13 Å².